The van der Waals surface area contributed by atoms with E-state index in [9.17, 15) is 13.2 Å². The Kier molecular flexibility index (Phi) is 3.10. The van der Waals surface area contributed by atoms with Crippen LogP contribution < -0.4 is 5.56 Å². The Hall–Kier alpha value is -1.34. The van der Waals surface area contributed by atoms with Gasteiger partial charge in [0.1, 0.15) is 0 Å². The molecule has 3 rings (SSSR count). The first kappa shape index (κ1) is 12.7. The predicted octanol–water partition coefficient (Wildman–Crippen LogP) is 1.20. The molecule has 1 fully saturated rings. The Morgan fingerprint density at radius 1 is 1.32 bits per heavy atom. The van der Waals surface area contributed by atoms with Crippen molar-refractivity contribution < 1.29 is 8.42 Å². The first-order chi connectivity index (χ1) is 9.03. The Labute approximate surface area is 114 Å². The Bertz CT molecular complexity index is 783. The molecule has 1 aliphatic heterocycles. The lowest BCUT2D eigenvalue weighted by Crippen LogP contribution is -2.14. The van der Waals surface area contributed by atoms with Crippen LogP contribution in [0.5, 0.6) is 0 Å². The minimum absolute atomic E-state index is 0.0697. The van der Waals surface area contributed by atoms with Crippen molar-refractivity contribution in [2.24, 2.45) is 0 Å². The third-order valence-electron chi connectivity index (χ3n) is 3.04. The van der Waals surface area contributed by atoms with Crippen LogP contribution >= 0.6 is 11.8 Å². The summed E-state index contributed by atoms with van der Waals surface area (Å²) < 4.78 is 22.8. The normalized spacial score (nSPS) is 21.8. The van der Waals surface area contributed by atoms with Crippen molar-refractivity contribution in [2.45, 2.75) is 16.7 Å². The highest BCUT2D eigenvalue weighted by molar-refractivity contribution is 8.01. The van der Waals surface area contributed by atoms with E-state index in [-0.39, 0.29) is 22.3 Å². The van der Waals surface area contributed by atoms with Gasteiger partial charge in [0.25, 0.3) is 5.56 Å². The number of H-pyrrole nitrogens is 1. The monoisotopic (exact) mass is 296 g/mol. The molecule has 19 heavy (non-hydrogen) atoms. The van der Waals surface area contributed by atoms with Gasteiger partial charge in [0.2, 0.25) is 0 Å². The van der Waals surface area contributed by atoms with Crippen LogP contribution in [0.2, 0.25) is 0 Å². The van der Waals surface area contributed by atoms with Crippen LogP contribution in [0.1, 0.15) is 6.42 Å². The minimum atomic E-state index is -2.93. The fraction of sp³-hybridized carbons (Fsp3) is 0.333. The molecule has 7 heteroatoms. The van der Waals surface area contributed by atoms with Gasteiger partial charge in [-0.25, -0.2) is 13.4 Å². The van der Waals surface area contributed by atoms with Crippen LogP contribution in [0, 0.1) is 0 Å². The number of hydrogen-bond acceptors (Lipinski definition) is 5. The second-order valence-electron chi connectivity index (χ2n) is 4.53. The van der Waals surface area contributed by atoms with Gasteiger partial charge in [0.05, 0.1) is 22.5 Å². The van der Waals surface area contributed by atoms with Crippen LogP contribution in [0.4, 0.5) is 0 Å². The number of thioether (sulfide) groups is 1. The number of nitrogens with one attached hydrogen (secondary N) is 1. The zero-order valence-corrected chi connectivity index (χ0v) is 11.6. The summed E-state index contributed by atoms with van der Waals surface area (Å²) >= 11 is 1.26. The average molecular weight is 296 g/mol. The highest BCUT2D eigenvalue weighted by atomic mass is 32.2. The van der Waals surface area contributed by atoms with Gasteiger partial charge in [0.15, 0.2) is 14.9 Å². The number of aromatic amines is 1. The molecule has 1 aromatic carbocycles. The largest absolute Gasteiger partial charge is 0.318 e. The highest BCUT2D eigenvalue weighted by Crippen LogP contribution is 2.28. The molecule has 1 atom stereocenters. The van der Waals surface area contributed by atoms with Crippen LogP contribution in [0.25, 0.3) is 11.0 Å². The van der Waals surface area contributed by atoms with Gasteiger partial charge in [-0.2, -0.15) is 0 Å². The zero-order valence-electron chi connectivity index (χ0n) is 10.00. The summed E-state index contributed by atoms with van der Waals surface area (Å²) in [5, 5.41) is 0.278. The maximum absolute atomic E-state index is 11.9. The molecule has 0 bridgehead atoms. The molecule has 100 valence electrons. The van der Waals surface area contributed by atoms with Gasteiger partial charge in [-0.1, -0.05) is 23.9 Å². The fourth-order valence-electron chi connectivity index (χ4n) is 2.10. The van der Waals surface area contributed by atoms with Crippen LogP contribution in [0.3, 0.4) is 0 Å². The average Bonchev–Trinajstić information content (AvgIpc) is 2.70. The molecule has 0 amide bonds. The summed E-state index contributed by atoms with van der Waals surface area (Å²) in [6.07, 6.45) is 0.584. The number of benzene rings is 1. The van der Waals surface area contributed by atoms with Crippen LogP contribution in [0.15, 0.2) is 34.1 Å². The van der Waals surface area contributed by atoms with E-state index in [1.54, 1.807) is 6.07 Å². The van der Waals surface area contributed by atoms with Gasteiger partial charge in [-0.05, 0) is 18.6 Å². The number of rotatable bonds is 2. The highest BCUT2D eigenvalue weighted by Gasteiger charge is 2.29. The number of fused-ring (bicyclic) bond motifs is 1. The Morgan fingerprint density at radius 3 is 2.84 bits per heavy atom. The molecule has 1 unspecified atom stereocenters. The first-order valence-corrected chi connectivity index (χ1v) is 8.60. The molecule has 0 radical (unpaired) electrons. The number of nitrogens with zero attached hydrogens (tertiary/aromatic N) is 1. The van der Waals surface area contributed by atoms with E-state index in [0.717, 1.165) is 0 Å². The second kappa shape index (κ2) is 4.64. The van der Waals surface area contributed by atoms with E-state index in [1.165, 1.54) is 11.8 Å². The van der Waals surface area contributed by atoms with Crippen LogP contribution in [-0.2, 0) is 9.84 Å². The number of para-hydroxylation sites is 2. The van der Waals surface area contributed by atoms with Gasteiger partial charge in [-0.3, -0.25) is 4.79 Å². The molecule has 1 N–H and O–H groups in total. The van der Waals surface area contributed by atoms with Crippen LogP contribution in [-0.4, -0.2) is 35.1 Å². The van der Waals surface area contributed by atoms with Crippen molar-refractivity contribution in [3.63, 3.8) is 0 Å². The van der Waals surface area contributed by atoms with Crippen molar-refractivity contribution in [1.82, 2.24) is 9.97 Å². The first-order valence-electron chi connectivity index (χ1n) is 5.90. The molecule has 1 saturated heterocycles. The van der Waals surface area contributed by atoms with E-state index in [0.29, 0.717) is 22.5 Å². The number of sulfone groups is 1. The summed E-state index contributed by atoms with van der Waals surface area (Å²) in [5.41, 5.74) is 1.15. The Morgan fingerprint density at radius 2 is 2.11 bits per heavy atom. The molecular weight excluding hydrogens is 284 g/mol. The number of hydrogen-bond donors (Lipinski definition) is 1. The molecule has 0 saturated carbocycles. The standard InChI is InChI=1S/C12H12N2O3S2/c15-11-12(18-8-5-6-19(16,17)7-8)14-10-4-2-1-3-9(10)13-11/h1-4,8H,5-7H2,(H,13,15). The quantitative estimate of drug-likeness (QED) is 0.901. The van der Waals surface area contributed by atoms with Gasteiger partial charge in [0, 0.05) is 5.25 Å². The van der Waals surface area contributed by atoms with E-state index >= 15 is 0 Å². The lowest BCUT2D eigenvalue weighted by molar-refractivity contribution is 0.602. The molecule has 1 aromatic heterocycles. The summed E-state index contributed by atoms with van der Waals surface area (Å²) in [5.74, 6) is 0.335. The molecule has 0 aliphatic carbocycles. The van der Waals surface area contributed by atoms with E-state index < -0.39 is 9.84 Å². The van der Waals surface area contributed by atoms with E-state index in [4.69, 9.17) is 0 Å². The summed E-state index contributed by atoms with van der Waals surface area (Å²) in [6, 6.07) is 7.29. The van der Waals surface area contributed by atoms with Gasteiger partial charge in [-0.15, -0.1) is 0 Å². The molecule has 2 aromatic rings. The maximum atomic E-state index is 11.9. The minimum Gasteiger partial charge on any atom is -0.318 e. The van der Waals surface area contributed by atoms with Crippen molar-refractivity contribution >= 4 is 32.6 Å². The lowest BCUT2D eigenvalue weighted by Gasteiger charge is -2.06. The van der Waals surface area contributed by atoms with Crippen molar-refractivity contribution in [3.8, 4) is 0 Å². The maximum Gasteiger partial charge on any atom is 0.280 e. The fourth-order valence-corrected chi connectivity index (χ4v) is 5.55. The molecular formula is C12H12N2O3S2. The summed E-state index contributed by atoms with van der Waals surface area (Å²) in [6.45, 7) is 0. The van der Waals surface area contributed by atoms with Gasteiger partial charge >= 0.3 is 0 Å². The molecule has 1 aliphatic rings. The van der Waals surface area contributed by atoms with Crippen molar-refractivity contribution in [3.05, 3.63) is 34.6 Å². The SMILES string of the molecule is O=c1[nH]c2ccccc2nc1SC1CCS(=O)(=O)C1. The van der Waals surface area contributed by atoms with E-state index in [1.807, 2.05) is 18.2 Å². The number of aromatic nitrogens is 2. The molecule has 2 heterocycles. The molecule has 5 nitrogen and oxygen atoms in total. The molecule has 0 spiro atoms. The summed E-state index contributed by atoms with van der Waals surface area (Å²) in [7, 11) is -2.93. The third kappa shape index (κ3) is 2.66. The Balaban J connectivity index is 1.93. The smallest absolute Gasteiger partial charge is 0.280 e. The van der Waals surface area contributed by atoms with Crippen molar-refractivity contribution in [2.75, 3.05) is 11.5 Å². The van der Waals surface area contributed by atoms with Crippen molar-refractivity contribution in [1.29, 1.82) is 0 Å². The zero-order chi connectivity index (χ0) is 13.5. The van der Waals surface area contributed by atoms with Gasteiger partial charge < -0.3 is 4.98 Å². The summed E-state index contributed by atoms with van der Waals surface area (Å²) in [4.78, 5) is 19.0. The predicted molar refractivity (Wildman–Crippen MR) is 75.3 cm³/mol. The third-order valence-corrected chi connectivity index (χ3v) is 6.25. The topological polar surface area (TPSA) is 79.9 Å². The van der Waals surface area contributed by atoms with E-state index in [2.05, 4.69) is 9.97 Å². The lowest BCUT2D eigenvalue weighted by atomic mass is 10.3. The second-order valence-corrected chi connectivity index (χ2v) is 8.05.